The molecule has 12 nitrogen and oxygen atoms in total. The Balaban J connectivity index is 1.61. The zero-order chi connectivity index (χ0) is 31.8. The van der Waals surface area contributed by atoms with Gasteiger partial charge in [0.25, 0.3) is 21.6 Å². The summed E-state index contributed by atoms with van der Waals surface area (Å²) in [6.45, 7) is -1.05. The molecule has 0 bridgehead atoms. The van der Waals surface area contributed by atoms with Crippen LogP contribution in [0.15, 0.2) is 57.2 Å². The maximum absolute atomic E-state index is 13.4. The van der Waals surface area contributed by atoms with Crippen molar-refractivity contribution in [3.05, 3.63) is 67.1 Å². The molecule has 1 amide bonds. The van der Waals surface area contributed by atoms with Crippen LogP contribution in [0.5, 0.6) is 0 Å². The average Bonchev–Trinajstić information content (AvgIpc) is 3.58. The van der Waals surface area contributed by atoms with Gasteiger partial charge in [-0.2, -0.15) is 8.42 Å². The Morgan fingerprint density at radius 1 is 1.00 bits per heavy atom. The number of amides is 1. The smallest absolute Gasteiger partial charge is 0.323 e. The van der Waals surface area contributed by atoms with Gasteiger partial charge in [0, 0.05) is 16.8 Å². The molecule has 3 heterocycles. The van der Waals surface area contributed by atoms with Crippen molar-refractivity contribution in [3.8, 4) is 0 Å². The van der Waals surface area contributed by atoms with Crippen molar-refractivity contribution in [1.29, 1.82) is 0 Å². The van der Waals surface area contributed by atoms with Crippen molar-refractivity contribution in [2.75, 3.05) is 30.9 Å². The molecule has 0 spiro atoms. The third kappa shape index (κ3) is 6.47. The monoisotopic (exact) mass is 693 g/mol. The average molecular weight is 694 g/mol. The number of benzene rings is 2. The van der Waals surface area contributed by atoms with Crippen LogP contribution in [0.3, 0.4) is 0 Å². The minimum atomic E-state index is -3.68. The number of hydrogen-bond acceptors (Lipinski definition) is 12. The van der Waals surface area contributed by atoms with Crippen LogP contribution in [0.25, 0.3) is 21.8 Å². The van der Waals surface area contributed by atoms with Gasteiger partial charge in [0.15, 0.2) is 0 Å². The predicted octanol–water partition coefficient (Wildman–Crippen LogP) is 1.80. The molecule has 2 aliphatic rings. The topological polar surface area (TPSA) is 164 Å². The van der Waals surface area contributed by atoms with Crippen LogP contribution in [-0.4, -0.2) is 76.2 Å². The minimum Gasteiger partial charge on any atom is -0.480 e. The number of thioether (sulfide) groups is 2. The summed E-state index contributed by atoms with van der Waals surface area (Å²) >= 11 is 8.31. The number of carbonyl (C=O) groups excluding carboxylic acids is 1. The Labute approximate surface area is 268 Å². The first-order valence-electron chi connectivity index (χ1n) is 12.8. The van der Waals surface area contributed by atoms with Gasteiger partial charge in [-0.3, -0.25) is 32.8 Å². The summed E-state index contributed by atoms with van der Waals surface area (Å²) in [4.78, 5) is 53.1. The van der Waals surface area contributed by atoms with Gasteiger partial charge in [0.2, 0.25) is 0 Å². The van der Waals surface area contributed by atoms with E-state index >= 15 is 0 Å². The van der Waals surface area contributed by atoms with Gasteiger partial charge in [-0.25, -0.2) is 0 Å². The van der Waals surface area contributed by atoms with Crippen molar-refractivity contribution in [2.24, 2.45) is 0 Å². The lowest BCUT2D eigenvalue weighted by Crippen LogP contribution is -2.36. The highest BCUT2D eigenvalue weighted by molar-refractivity contribution is 8.30. The number of fused-ring (bicyclic) bond motifs is 3. The molecule has 0 aliphatic carbocycles. The number of rotatable bonds is 10. The standard InChI is InChI=1S/C27H23N3O9S5/c1-39-44(37,38)12-4-11-28-19(41-17-8-7-15-5-2-3-6-16(15)22(17)28)10-9-18-24(35)29(13-20(31)32)26(42-18)23-25(36)30(14-21(33)34)27(40)43-23/h2-3,5-10H,4,11-14H2,1H3,(H,31,32)(H,33,34)/b18-9+,19-10-,26-23-. The normalized spacial score (nSPS) is 17.8. The molecule has 1 aromatic heterocycles. The second-order valence-corrected chi connectivity index (χ2v) is 15.0. The van der Waals surface area contributed by atoms with Crippen LogP contribution in [-0.2, 0) is 35.2 Å². The van der Waals surface area contributed by atoms with Gasteiger partial charge < -0.3 is 15.1 Å². The highest BCUT2D eigenvalue weighted by Gasteiger charge is 2.35. The SMILES string of the molecule is COS(=O)(=O)CCCN1/C(=C/C=c2/s/c(=C3\SC(=S)N(CC(=O)O)C3=O)n(CC(=O)O)c2=O)Sc2ccc3ccccc3c21. The van der Waals surface area contributed by atoms with E-state index in [1.54, 1.807) is 6.08 Å². The van der Waals surface area contributed by atoms with Gasteiger partial charge in [-0.05, 0) is 30.0 Å². The summed E-state index contributed by atoms with van der Waals surface area (Å²) in [5.41, 5.74) is 0.254. The number of aliphatic carboxylic acids is 2. The van der Waals surface area contributed by atoms with Crippen LogP contribution in [0, 0.1) is 0 Å². The number of carbonyl (C=O) groups is 3. The van der Waals surface area contributed by atoms with E-state index in [-0.39, 0.29) is 30.6 Å². The van der Waals surface area contributed by atoms with Crippen molar-refractivity contribution in [1.82, 2.24) is 9.47 Å². The Bertz CT molecular complexity index is 2050. The molecule has 2 aliphatic heterocycles. The molecule has 1 saturated heterocycles. The van der Waals surface area contributed by atoms with Crippen molar-refractivity contribution in [2.45, 2.75) is 17.9 Å². The second-order valence-electron chi connectivity index (χ2n) is 9.38. The van der Waals surface area contributed by atoms with E-state index in [1.807, 2.05) is 41.3 Å². The maximum atomic E-state index is 13.4. The number of thiocarbonyl (C=S) groups is 1. The van der Waals surface area contributed by atoms with E-state index in [4.69, 9.17) is 17.3 Å². The lowest BCUT2D eigenvalue weighted by atomic mass is 10.1. The number of thiazole rings is 1. The number of hydrogen-bond donors (Lipinski definition) is 2. The molecule has 2 N–H and O–H groups in total. The summed E-state index contributed by atoms with van der Waals surface area (Å²) in [6, 6.07) is 11.7. The Morgan fingerprint density at radius 2 is 1.73 bits per heavy atom. The molecule has 17 heteroatoms. The number of carboxylic acid groups (broad SMARTS) is 2. The molecule has 5 rings (SSSR count). The van der Waals surface area contributed by atoms with E-state index in [0.29, 0.717) is 11.6 Å². The molecule has 44 heavy (non-hydrogen) atoms. The minimum absolute atomic E-state index is 0.0127. The lowest BCUT2D eigenvalue weighted by molar-refractivity contribution is -0.140. The molecule has 0 atom stereocenters. The van der Waals surface area contributed by atoms with Crippen LogP contribution >= 0.6 is 47.1 Å². The fourth-order valence-corrected chi connectivity index (χ4v) is 8.84. The molecular formula is C27H23N3O9S5. The van der Waals surface area contributed by atoms with Gasteiger partial charge in [0.05, 0.1) is 28.1 Å². The maximum Gasteiger partial charge on any atom is 0.323 e. The fraction of sp³-hybridized carbons (Fsp3) is 0.222. The summed E-state index contributed by atoms with van der Waals surface area (Å²) in [5.74, 6) is -3.49. The third-order valence-electron chi connectivity index (χ3n) is 6.56. The molecule has 3 aromatic rings. The van der Waals surface area contributed by atoms with Crippen molar-refractivity contribution >= 4 is 107 Å². The van der Waals surface area contributed by atoms with E-state index < -0.39 is 46.6 Å². The van der Waals surface area contributed by atoms with E-state index in [1.165, 1.54) is 17.8 Å². The highest BCUT2D eigenvalue weighted by Crippen LogP contribution is 2.49. The number of anilines is 1. The molecule has 0 saturated carbocycles. The summed E-state index contributed by atoms with van der Waals surface area (Å²) < 4.78 is 29.7. The molecule has 0 radical (unpaired) electrons. The quantitative estimate of drug-likeness (QED) is 0.234. The van der Waals surface area contributed by atoms with Gasteiger partial charge >= 0.3 is 11.9 Å². The van der Waals surface area contributed by atoms with Gasteiger partial charge in [-0.1, -0.05) is 66.1 Å². The number of allylic oxidation sites excluding steroid dienone is 1. The van der Waals surface area contributed by atoms with E-state index in [2.05, 4.69) is 4.18 Å². The summed E-state index contributed by atoms with van der Waals surface area (Å²) in [5, 5.41) is 21.3. The Kier molecular flexibility index (Phi) is 9.33. The first kappa shape index (κ1) is 31.9. The lowest BCUT2D eigenvalue weighted by Gasteiger charge is -2.21. The molecule has 2 aromatic carbocycles. The molecule has 1 fully saturated rings. The first-order chi connectivity index (χ1) is 20.9. The van der Waals surface area contributed by atoms with Crippen molar-refractivity contribution in [3.63, 3.8) is 0 Å². The zero-order valence-corrected chi connectivity index (χ0v) is 26.9. The first-order valence-corrected chi connectivity index (χ1v) is 17.2. The van der Waals surface area contributed by atoms with Gasteiger partial charge in [0.1, 0.15) is 27.0 Å². The summed E-state index contributed by atoms with van der Waals surface area (Å²) in [7, 11) is -2.56. The number of aromatic nitrogens is 1. The molecule has 230 valence electrons. The molecular weight excluding hydrogens is 671 g/mol. The number of nitrogens with zero attached hydrogens (tertiary/aromatic N) is 3. The van der Waals surface area contributed by atoms with Crippen LogP contribution < -0.4 is 19.7 Å². The largest absolute Gasteiger partial charge is 0.480 e. The van der Waals surface area contributed by atoms with E-state index in [0.717, 1.165) is 61.0 Å². The van der Waals surface area contributed by atoms with Gasteiger partial charge in [-0.15, -0.1) is 11.3 Å². The Hall–Kier alpha value is -3.48. The van der Waals surface area contributed by atoms with Crippen LogP contribution in [0.1, 0.15) is 6.42 Å². The van der Waals surface area contributed by atoms with Crippen LogP contribution in [0.2, 0.25) is 0 Å². The fourth-order valence-electron chi connectivity index (χ4n) is 4.63. The predicted molar refractivity (Wildman–Crippen MR) is 174 cm³/mol. The highest BCUT2D eigenvalue weighted by atomic mass is 32.2. The molecule has 0 unspecified atom stereocenters. The zero-order valence-electron chi connectivity index (χ0n) is 22.8. The van der Waals surface area contributed by atoms with E-state index in [9.17, 15) is 32.7 Å². The Morgan fingerprint density at radius 3 is 2.43 bits per heavy atom. The summed E-state index contributed by atoms with van der Waals surface area (Å²) in [6.07, 6.45) is 3.49. The second kappa shape index (κ2) is 12.9. The number of carboxylic acids is 2. The van der Waals surface area contributed by atoms with Crippen LogP contribution in [0.4, 0.5) is 5.69 Å². The van der Waals surface area contributed by atoms with Crippen molar-refractivity contribution < 1.29 is 37.2 Å². The third-order valence-corrected chi connectivity index (χ3v) is 11.7.